The van der Waals surface area contributed by atoms with E-state index in [4.69, 9.17) is 11.6 Å². The molecule has 0 aromatic carbocycles. The van der Waals surface area contributed by atoms with Crippen LogP contribution in [0.2, 0.25) is 5.02 Å². The first-order valence-corrected chi connectivity index (χ1v) is 6.91. The van der Waals surface area contributed by atoms with Crippen molar-refractivity contribution in [1.29, 1.82) is 0 Å². The van der Waals surface area contributed by atoms with Gasteiger partial charge >= 0.3 is 0 Å². The SMILES string of the molecule is CCCNC(C)C(C)Sc1ncccc1Cl. The Kier molecular flexibility index (Phi) is 6.17. The zero-order valence-corrected chi connectivity index (χ0v) is 11.6. The van der Waals surface area contributed by atoms with Gasteiger partial charge in [-0.05, 0) is 32.0 Å². The lowest BCUT2D eigenvalue weighted by Gasteiger charge is -2.20. The largest absolute Gasteiger partial charge is 0.313 e. The first-order chi connectivity index (χ1) is 7.65. The second-order valence-corrected chi connectivity index (χ2v) is 5.63. The lowest BCUT2D eigenvalue weighted by molar-refractivity contribution is 0.542. The molecule has 2 unspecified atom stereocenters. The molecule has 0 aliphatic heterocycles. The summed E-state index contributed by atoms with van der Waals surface area (Å²) in [5, 5.41) is 5.59. The Balaban J connectivity index is 2.50. The highest BCUT2D eigenvalue weighted by Gasteiger charge is 2.14. The van der Waals surface area contributed by atoms with E-state index in [-0.39, 0.29) is 0 Å². The van der Waals surface area contributed by atoms with Crippen LogP contribution in [0.5, 0.6) is 0 Å². The van der Waals surface area contributed by atoms with Crippen molar-refractivity contribution in [2.75, 3.05) is 6.54 Å². The Morgan fingerprint density at radius 2 is 2.25 bits per heavy atom. The molecule has 1 N–H and O–H groups in total. The number of rotatable bonds is 6. The number of thioether (sulfide) groups is 1. The minimum absolute atomic E-state index is 0.457. The molecule has 90 valence electrons. The normalized spacial score (nSPS) is 14.8. The van der Waals surface area contributed by atoms with E-state index in [0.717, 1.165) is 23.0 Å². The van der Waals surface area contributed by atoms with Gasteiger partial charge in [-0.1, -0.05) is 25.4 Å². The van der Waals surface area contributed by atoms with Crippen molar-refractivity contribution in [1.82, 2.24) is 10.3 Å². The fourth-order valence-electron chi connectivity index (χ4n) is 1.27. The van der Waals surface area contributed by atoms with E-state index in [1.807, 2.05) is 12.1 Å². The van der Waals surface area contributed by atoms with Crippen LogP contribution in [0.1, 0.15) is 27.2 Å². The lowest BCUT2D eigenvalue weighted by Crippen LogP contribution is -2.34. The van der Waals surface area contributed by atoms with Crippen LogP contribution in [0.25, 0.3) is 0 Å². The highest BCUT2D eigenvalue weighted by molar-refractivity contribution is 8.00. The molecule has 1 rings (SSSR count). The standard InChI is InChI=1S/C12H19ClN2S/c1-4-7-14-9(2)10(3)16-12-11(13)6-5-8-15-12/h5-6,8-10,14H,4,7H2,1-3H3. The van der Waals surface area contributed by atoms with E-state index < -0.39 is 0 Å². The van der Waals surface area contributed by atoms with Gasteiger partial charge in [0, 0.05) is 17.5 Å². The summed E-state index contributed by atoms with van der Waals surface area (Å²) in [7, 11) is 0. The van der Waals surface area contributed by atoms with Crippen molar-refractivity contribution in [2.24, 2.45) is 0 Å². The molecule has 0 spiro atoms. The summed E-state index contributed by atoms with van der Waals surface area (Å²) in [6, 6.07) is 4.20. The minimum Gasteiger partial charge on any atom is -0.313 e. The van der Waals surface area contributed by atoms with Crippen molar-refractivity contribution in [3.05, 3.63) is 23.4 Å². The van der Waals surface area contributed by atoms with Crippen molar-refractivity contribution in [2.45, 2.75) is 43.5 Å². The molecule has 2 nitrogen and oxygen atoms in total. The first kappa shape index (κ1) is 13.8. The van der Waals surface area contributed by atoms with Crippen LogP contribution in [0, 0.1) is 0 Å². The topological polar surface area (TPSA) is 24.9 Å². The number of aromatic nitrogens is 1. The Bertz CT molecular complexity index is 320. The molecule has 1 aromatic rings. The molecule has 0 aliphatic carbocycles. The maximum Gasteiger partial charge on any atom is 0.115 e. The van der Waals surface area contributed by atoms with Gasteiger partial charge in [-0.25, -0.2) is 4.98 Å². The molecule has 0 saturated heterocycles. The van der Waals surface area contributed by atoms with Crippen LogP contribution in [-0.2, 0) is 0 Å². The van der Waals surface area contributed by atoms with Gasteiger partial charge in [0.05, 0.1) is 5.02 Å². The van der Waals surface area contributed by atoms with Crippen molar-refractivity contribution in [3.8, 4) is 0 Å². The van der Waals surface area contributed by atoms with Gasteiger partial charge in [-0.3, -0.25) is 0 Å². The second kappa shape index (κ2) is 7.15. The summed E-state index contributed by atoms with van der Waals surface area (Å²) in [5.41, 5.74) is 0. The summed E-state index contributed by atoms with van der Waals surface area (Å²) in [5.74, 6) is 0. The predicted octanol–water partition coefficient (Wildman–Crippen LogP) is 3.60. The third-order valence-corrected chi connectivity index (χ3v) is 4.19. The van der Waals surface area contributed by atoms with E-state index >= 15 is 0 Å². The smallest absolute Gasteiger partial charge is 0.115 e. The number of hydrogen-bond acceptors (Lipinski definition) is 3. The molecule has 0 saturated carbocycles. The fraction of sp³-hybridized carbons (Fsp3) is 0.583. The van der Waals surface area contributed by atoms with E-state index in [1.54, 1.807) is 18.0 Å². The summed E-state index contributed by atoms with van der Waals surface area (Å²) in [6.07, 6.45) is 2.94. The second-order valence-electron chi connectivity index (χ2n) is 3.86. The van der Waals surface area contributed by atoms with Crippen LogP contribution in [-0.4, -0.2) is 22.8 Å². The van der Waals surface area contributed by atoms with Gasteiger partial charge in [0.2, 0.25) is 0 Å². The monoisotopic (exact) mass is 258 g/mol. The Hall–Kier alpha value is -0.250. The predicted molar refractivity (Wildman–Crippen MR) is 72.3 cm³/mol. The van der Waals surface area contributed by atoms with E-state index in [0.29, 0.717) is 11.3 Å². The average molecular weight is 259 g/mol. The van der Waals surface area contributed by atoms with Gasteiger partial charge in [0.25, 0.3) is 0 Å². The molecule has 1 heterocycles. The van der Waals surface area contributed by atoms with Crippen LogP contribution < -0.4 is 5.32 Å². The highest BCUT2D eigenvalue weighted by atomic mass is 35.5. The van der Waals surface area contributed by atoms with Crippen LogP contribution in [0.3, 0.4) is 0 Å². The van der Waals surface area contributed by atoms with Crippen LogP contribution in [0.4, 0.5) is 0 Å². The maximum atomic E-state index is 6.07. The van der Waals surface area contributed by atoms with Gasteiger partial charge in [-0.2, -0.15) is 0 Å². The van der Waals surface area contributed by atoms with Crippen LogP contribution >= 0.6 is 23.4 Å². The van der Waals surface area contributed by atoms with E-state index in [1.165, 1.54) is 0 Å². The molecule has 1 aromatic heterocycles. The summed E-state index contributed by atoms with van der Waals surface area (Å²) in [6.45, 7) is 7.63. The molecule has 0 amide bonds. The van der Waals surface area contributed by atoms with Crippen molar-refractivity contribution < 1.29 is 0 Å². The molecule has 0 bridgehead atoms. The third-order valence-electron chi connectivity index (χ3n) is 2.44. The van der Waals surface area contributed by atoms with Gasteiger partial charge in [0.15, 0.2) is 0 Å². The number of nitrogens with zero attached hydrogens (tertiary/aromatic N) is 1. The average Bonchev–Trinajstić information content (AvgIpc) is 2.28. The molecule has 16 heavy (non-hydrogen) atoms. The number of nitrogens with one attached hydrogen (secondary N) is 1. The molecule has 4 heteroatoms. The Morgan fingerprint density at radius 3 is 2.88 bits per heavy atom. The third kappa shape index (κ3) is 4.32. The Labute approximate surface area is 107 Å². The first-order valence-electron chi connectivity index (χ1n) is 5.65. The fourth-order valence-corrected chi connectivity index (χ4v) is 2.48. The zero-order valence-electron chi connectivity index (χ0n) is 10.0. The summed E-state index contributed by atoms with van der Waals surface area (Å²) >= 11 is 7.80. The number of hydrogen-bond donors (Lipinski definition) is 1. The minimum atomic E-state index is 0.457. The lowest BCUT2D eigenvalue weighted by atomic mass is 10.2. The number of halogens is 1. The summed E-state index contributed by atoms with van der Waals surface area (Å²) in [4.78, 5) is 4.28. The zero-order chi connectivity index (χ0) is 12.0. The van der Waals surface area contributed by atoms with E-state index in [9.17, 15) is 0 Å². The van der Waals surface area contributed by atoms with Gasteiger partial charge in [-0.15, -0.1) is 11.8 Å². The Morgan fingerprint density at radius 1 is 1.50 bits per heavy atom. The molecule has 0 aliphatic rings. The highest BCUT2D eigenvalue weighted by Crippen LogP contribution is 2.29. The van der Waals surface area contributed by atoms with Gasteiger partial charge in [0.1, 0.15) is 5.03 Å². The summed E-state index contributed by atoms with van der Waals surface area (Å²) < 4.78 is 0. The van der Waals surface area contributed by atoms with Crippen molar-refractivity contribution >= 4 is 23.4 Å². The molecule has 0 radical (unpaired) electrons. The molecule has 2 atom stereocenters. The quantitative estimate of drug-likeness (QED) is 0.790. The van der Waals surface area contributed by atoms with Gasteiger partial charge < -0.3 is 5.32 Å². The molecule has 0 fully saturated rings. The maximum absolute atomic E-state index is 6.07. The molecular weight excluding hydrogens is 240 g/mol. The van der Waals surface area contributed by atoms with E-state index in [2.05, 4.69) is 31.1 Å². The van der Waals surface area contributed by atoms with Crippen LogP contribution in [0.15, 0.2) is 23.4 Å². The number of pyridine rings is 1. The molecular formula is C12H19ClN2S. The van der Waals surface area contributed by atoms with Crippen molar-refractivity contribution in [3.63, 3.8) is 0 Å².